The first kappa shape index (κ1) is 9.90. The fraction of sp³-hybridized carbons (Fsp3) is 0.333. The molecule has 2 rings (SSSR count). The number of likely N-dealkylation sites (tertiary alicyclic amines) is 1. The van der Waals surface area contributed by atoms with Gasteiger partial charge in [0.15, 0.2) is 0 Å². The second-order valence-electron chi connectivity index (χ2n) is 3.87. The van der Waals surface area contributed by atoms with Crippen molar-refractivity contribution < 1.29 is 9.59 Å². The quantitative estimate of drug-likeness (QED) is 0.501. The Hall–Kier alpha value is -1.64. The fourth-order valence-electron chi connectivity index (χ4n) is 2.22. The van der Waals surface area contributed by atoms with Crippen LogP contribution in [0, 0.1) is 11.8 Å². The van der Waals surface area contributed by atoms with Crippen LogP contribution in [0.3, 0.4) is 0 Å². The molecule has 0 aromatic heterocycles. The summed E-state index contributed by atoms with van der Waals surface area (Å²) in [5.74, 6) is -0.771. The van der Waals surface area contributed by atoms with Crippen LogP contribution in [-0.2, 0) is 9.59 Å². The van der Waals surface area contributed by atoms with Crippen LogP contribution in [0.15, 0.2) is 37.0 Å². The maximum Gasteiger partial charge on any atom is 0.237 e. The number of carbonyl (C=O) groups is 2. The van der Waals surface area contributed by atoms with E-state index in [-0.39, 0.29) is 23.7 Å². The predicted molar refractivity (Wildman–Crippen MR) is 56.8 cm³/mol. The van der Waals surface area contributed by atoms with E-state index in [9.17, 15) is 9.59 Å². The minimum atomic E-state index is -0.331. The molecule has 0 saturated carbocycles. The molecular formula is C12H13NO2. The molecule has 0 aromatic rings. The van der Waals surface area contributed by atoms with Crippen molar-refractivity contribution in [3.05, 3.63) is 37.0 Å². The largest absolute Gasteiger partial charge is 0.278 e. The lowest BCUT2D eigenvalue weighted by molar-refractivity contribution is -0.139. The Morgan fingerprint density at radius 2 is 2.20 bits per heavy atom. The van der Waals surface area contributed by atoms with Gasteiger partial charge in [-0.3, -0.25) is 14.5 Å². The molecule has 1 saturated heterocycles. The third kappa shape index (κ3) is 1.35. The molecule has 1 fully saturated rings. The number of hydrogen-bond acceptors (Lipinski definition) is 2. The molecule has 0 radical (unpaired) electrons. The number of hydrogen-bond donors (Lipinski definition) is 0. The van der Waals surface area contributed by atoms with Gasteiger partial charge < -0.3 is 0 Å². The molecule has 0 spiro atoms. The summed E-state index contributed by atoms with van der Waals surface area (Å²) in [5, 5.41) is 0. The van der Waals surface area contributed by atoms with Crippen molar-refractivity contribution in [3.63, 3.8) is 0 Å². The van der Waals surface area contributed by atoms with E-state index in [1.54, 1.807) is 6.08 Å². The highest BCUT2D eigenvalue weighted by molar-refractivity contribution is 6.07. The average molecular weight is 203 g/mol. The average Bonchev–Trinajstić information content (AvgIpc) is 2.45. The zero-order valence-electron chi connectivity index (χ0n) is 8.48. The Morgan fingerprint density at radius 3 is 2.80 bits per heavy atom. The molecule has 2 amide bonds. The Morgan fingerprint density at radius 1 is 1.47 bits per heavy atom. The summed E-state index contributed by atoms with van der Waals surface area (Å²) >= 11 is 0. The number of imide groups is 1. The van der Waals surface area contributed by atoms with Crippen LogP contribution in [0.2, 0.25) is 0 Å². The Labute approximate surface area is 88.8 Å². The number of rotatable bonds is 2. The van der Waals surface area contributed by atoms with Gasteiger partial charge >= 0.3 is 0 Å². The highest BCUT2D eigenvalue weighted by atomic mass is 16.2. The first-order chi connectivity index (χ1) is 7.16. The standard InChI is InChI=1S/C12H13NO2/c1-3-7-13-11(14)9-6-4-5-8(2)10(9)12(13)15/h3-5,9-10H,1-2,6-7H2. The molecule has 15 heavy (non-hydrogen) atoms. The normalized spacial score (nSPS) is 29.6. The van der Waals surface area contributed by atoms with Gasteiger partial charge in [-0.05, 0) is 12.0 Å². The summed E-state index contributed by atoms with van der Waals surface area (Å²) in [6.45, 7) is 7.67. The summed E-state index contributed by atoms with van der Waals surface area (Å²) in [5.41, 5.74) is 0.746. The van der Waals surface area contributed by atoms with E-state index >= 15 is 0 Å². The van der Waals surface area contributed by atoms with Crippen LogP contribution in [0.5, 0.6) is 0 Å². The lowest BCUT2D eigenvalue weighted by Gasteiger charge is -2.17. The molecule has 1 aliphatic heterocycles. The molecule has 0 bridgehead atoms. The van der Waals surface area contributed by atoms with Gasteiger partial charge in [-0.2, -0.15) is 0 Å². The molecule has 3 nitrogen and oxygen atoms in total. The Bertz CT molecular complexity index is 381. The van der Waals surface area contributed by atoms with Crippen LogP contribution in [0.4, 0.5) is 0 Å². The number of amides is 2. The van der Waals surface area contributed by atoms with Crippen LogP contribution in [0.1, 0.15) is 6.42 Å². The van der Waals surface area contributed by atoms with Crippen molar-refractivity contribution in [3.8, 4) is 0 Å². The zero-order chi connectivity index (χ0) is 11.0. The van der Waals surface area contributed by atoms with Gasteiger partial charge in [-0.1, -0.05) is 24.8 Å². The summed E-state index contributed by atoms with van der Waals surface area (Å²) in [6, 6.07) is 0. The maximum atomic E-state index is 11.9. The number of carbonyl (C=O) groups excluding carboxylic acids is 2. The molecule has 1 heterocycles. The van der Waals surface area contributed by atoms with E-state index < -0.39 is 0 Å². The van der Waals surface area contributed by atoms with E-state index in [1.165, 1.54) is 4.90 Å². The van der Waals surface area contributed by atoms with Gasteiger partial charge in [-0.25, -0.2) is 0 Å². The van der Waals surface area contributed by atoms with Crippen molar-refractivity contribution in [2.45, 2.75) is 6.42 Å². The van der Waals surface area contributed by atoms with Gasteiger partial charge in [-0.15, -0.1) is 6.58 Å². The number of nitrogens with zero attached hydrogens (tertiary/aromatic N) is 1. The van der Waals surface area contributed by atoms with Gasteiger partial charge in [0.2, 0.25) is 11.8 Å². The smallest absolute Gasteiger partial charge is 0.237 e. The second kappa shape index (κ2) is 3.50. The van der Waals surface area contributed by atoms with E-state index in [2.05, 4.69) is 13.2 Å². The molecule has 3 heteroatoms. The summed E-state index contributed by atoms with van der Waals surface area (Å²) in [7, 11) is 0. The van der Waals surface area contributed by atoms with Crippen molar-refractivity contribution in [2.24, 2.45) is 11.8 Å². The topological polar surface area (TPSA) is 37.4 Å². The van der Waals surface area contributed by atoms with Crippen LogP contribution in [-0.4, -0.2) is 23.3 Å². The number of allylic oxidation sites excluding steroid dienone is 2. The molecule has 2 atom stereocenters. The monoisotopic (exact) mass is 203 g/mol. The van der Waals surface area contributed by atoms with E-state index in [1.807, 2.05) is 12.2 Å². The van der Waals surface area contributed by atoms with Crippen LogP contribution < -0.4 is 0 Å². The first-order valence-electron chi connectivity index (χ1n) is 4.98. The highest BCUT2D eigenvalue weighted by Crippen LogP contribution is 2.37. The Kier molecular flexibility index (Phi) is 2.31. The van der Waals surface area contributed by atoms with Crippen molar-refractivity contribution in [1.29, 1.82) is 0 Å². The van der Waals surface area contributed by atoms with Gasteiger partial charge in [0.1, 0.15) is 0 Å². The van der Waals surface area contributed by atoms with Crippen molar-refractivity contribution in [1.82, 2.24) is 4.90 Å². The lowest BCUT2D eigenvalue weighted by Crippen LogP contribution is -2.31. The minimum absolute atomic E-state index is 0.0876. The Balaban J connectivity index is 2.33. The SMILES string of the molecule is C=CCN1C(=O)C2CC=CC(=C)C2C1=O. The summed E-state index contributed by atoms with van der Waals surface area (Å²) in [6.07, 6.45) is 5.96. The third-order valence-electron chi connectivity index (χ3n) is 2.95. The van der Waals surface area contributed by atoms with E-state index in [4.69, 9.17) is 0 Å². The molecule has 0 aromatic carbocycles. The summed E-state index contributed by atoms with van der Waals surface area (Å²) < 4.78 is 0. The van der Waals surface area contributed by atoms with Crippen molar-refractivity contribution in [2.75, 3.05) is 6.54 Å². The zero-order valence-corrected chi connectivity index (χ0v) is 8.48. The maximum absolute atomic E-state index is 11.9. The van der Waals surface area contributed by atoms with Gasteiger partial charge in [0, 0.05) is 6.54 Å². The third-order valence-corrected chi connectivity index (χ3v) is 2.95. The molecular weight excluding hydrogens is 190 g/mol. The molecule has 1 aliphatic carbocycles. The second-order valence-corrected chi connectivity index (χ2v) is 3.87. The highest BCUT2D eigenvalue weighted by Gasteiger charge is 2.48. The van der Waals surface area contributed by atoms with Gasteiger partial charge in [0.25, 0.3) is 0 Å². The summed E-state index contributed by atoms with van der Waals surface area (Å²) in [4.78, 5) is 25.1. The lowest BCUT2D eigenvalue weighted by atomic mass is 9.82. The molecule has 0 N–H and O–H groups in total. The van der Waals surface area contributed by atoms with E-state index in [0.717, 1.165) is 5.57 Å². The van der Waals surface area contributed by atoms with Crippen LogP contribution in [0.25, 0.3) is 0 Å². The predicted octanol–water partition coefficient (Wildman–Crippen LogP) is 1.29. The molecule has 78 valence electrons. The first-order valence-corrected chi connectivity index (χ1v) is 4.98. The molecule has 2 unspecified atom stereocenters. The molecule has 2 aliphatic rings. The fourth-order valence-corrected chi connectivity index (χ4v) is 2.22. The number of fused-ring (bicyclic) bond motifs is 1. The van der Waals surface area contributed by atoms with E-state index in [0.29, 0.717) is 13.0 Å². The van der Waals surface area contributed by atoms with Gasteiger partial charge in [0.05, 0.1) is 11.8 Å². The van der Waals surface area contributed by atoms with Crippen LogP contribution >= 0.6 is 0 Å². The van der Waals surface area contributed by atoms with Crippen molar-refractivity contribution >= 4 is 11.8 Å². The minimum Gasteiger partial charge on any atom is -0.278 e.